The monoisotopic (exact) mass is 188 g/mol. The van der Waals surface area contributed by atoms with Crippen molar-refractivity contribution in [3.05, 3.63) is 11.6 Å². The van der Waals surface area contributed by atoms with Gasteiger partial charge < -0.3 is 0 Å². The summed E-state index contributed by atoms with van der Waals surface area (Å²) in [7, 11) is 0. The number of hydrogen-bond acceptors (Lipinski definition) is 0. The molecular formula is C5H13In. The molecule has 0 N–H and O–H groups in total. The zero-order chi connectivity index (χ0) is 4.28. The second-order valence-electron chi connectivity index (χ2n) is 1.37. The predicted octanol–water partition coefficient (Wildman–Crippen LogP) is 0.789. The van der Waals surface area contributed by atoms with Crippen LogP contribution in [0, 0.1) is 0 Å². The van der Waals surface area contributed by atoms with Gasteiger partial charge in [-0.3, -0.25) is 0 Å². The van der Waals surface area contributed by atoms with Crippen molar-refractivity contribution in [1.82, 2.24) is 0 Å². The van der Waals surface area contributed by atoms with Gasteiger partial charge in [-0.15, -0.1) is 0 Å². The van der Waals surface area contributed by atoms with Gasteiger partial charge >= 0.3 is 25.8 Å². The molecule has 0 saturated heterocycles. The molecule has 1 heteroatoms. The Balaban J connectivity index is 0. The van der Waals surface area contributed by atoms with E-state index in [4.69, 9.17) is 0 Å². The van der Waals surface area contributed by atoms with Crippen LogP contribution in [-0.2, 0) is 0 Å². The van der Waals surface area contributed by atoms with Crippen molar-refractivity contribution in [3.8, 4) is 0 Å². The van der Waals surface area contributed by atoms with E-state index < -0.39 is 0 Å². The van der Waals surface area contributed by atoms with E-state index in [1.54, 1.807) is 0 Å². The van der Waals surface area contributed by atoms with Crippen LogP contribution in [0.1, 0.15) is 20.8 Å². The van der Waals surface area contributed by atoms with Crippen LogP contribution in [0.15, 0.2) is 11.6 Å². The van der Waals surface area contributed by atoms with E-state index in [-0.39, 0.29) is 25.8 Å². The van der Waals surface area contributed by atoms with Crippen LogP contribution in [0.4, 0.5) is 0 Å². The van der Waals surface area contributed by atoms with Gasteiger partial charge in [0.15, 0.2) is 0 Å². The summed E-state index contributed by atoms with van der Waals surface area (Å²) in [4.78, 5) is 0. The molecule has 0 aromatic carbocycles. The Kier molecular flexibility index (Phi) is 9.15. The molecule has 0 unspecified atom stereocenters. The second-order valence-corrected chi connectivity index (χ2v) is 1.37. The molecule has 0 spiro atoms. The van der Waals surface area contributed by atoms with Crippen LogP contribution in [0.3, 0.4) is 0 Å². The fraction of sp³-hybridized carbons (Fsp3) is 0.600. The molecule has 0 aliphatic heterocycles. The Bertz CT molecular complexity index is 41.9. The normalized spacial score (nSPS) is 5.83. The molecule has 0 nitrogen and oxygen atoms in total. The van der Waals surface area contributed by atoms with Gasteiger partial charge in [0.1, 0.15) is 0 Å². The van der Waals surface area contributed by atoms with Gasteiger partial charge in [0.25, 0.3) is 0 Å². The quantitative estimate of drug-likeness (QED) is 0.493. The average molecular weight is 188 g/mol. The molecule has 0 atom stereocenters. The Morgan fingerprint density at radius 1 is 1.33 bits per heavy atom. The van der Waals surface area contributed by atoms with Gasteiger partial charge in [0.2, 0.25) is 0 Å². The maximum absolute atomic E-state index is 2.08. The molecule has 0 fully saturated rings. The summed E-state index contributed by atoms with van der Waals surface area (Å²) in [6, 6.07) is 0. The summed E-state index contributed by atoms with van der Waals surface area (Å²) >= 11 is 0. The van der Waals surface area contributed by atoms with E-state index in [0.29, 0.717) is 0 Å². The minimum absolute atomic E-state index is 0. The van der Waals surface area contributed by atoms with Crippen molar-refractivity contribution in [3.63, 3.8) is 0 Å². The van der Waals surface area contributed by atoms with E-state index in [1.807, 2.05) is 6.92 Å². The molecule has 0 aliphatic carbocycles. The number of hydrogen-bond donors (Lipinski definition) is 0. The van der Waals surface area contributed by atoms with Crippen LogP contribution >= 0.6 is 0 Å². The summed E-state index contributed by atoms with van der Waals surface area (Å²) in [6.45, 7) is 6.20. The third kappa shape index (κ3) is 8.82. The molecule has 0 amide bonds. The number of rotatable bonds is 0. The first-order valence-corrected chi connectivity index (χ1v) is 1.87. The predicted molar refractivity (Wildman–Crippen MR) is 35.0 cm³/mol. The third-order valence-electron chi connectivity index (χ3n) is 0.577. The van der Waals surface area contributed by atoms with Crippen molar-refractivity contribution < 1.29 is 0 Å². The SMILES string of the molecule is CC=C(C)C.[InH3]. The molecule has 0 aliphatic rings. The fourth-order valence-corrected chi connectivity index (χ4v) is 0. The van der Waals surface area contributed by atoms with E-state index in [1.165, 1.54) is 5.57 Å². The van der Waals surface area contributed by atoms with Gasteiger partial charge in [-0.1, -0.05) is 11.6 Å². The third-order valence-corrected chi connectivity index (χ3v) is 0.577. The van der Waals surface area contributed by atoms with E-state index in [0.717, 1.165) is 0 Å². The Morgan fingerprint density at radius 2 is 1.50 bits per heavy atom. The van der Waals surface area contributed by atoms with Crippen LogP contribution < -0.4 is 0 Å². The molecule has 0 radical (unpaired) electrons. The summed E-state index contributed by atoms with van der Waals surface area (Å²) in [5.74, 6) is 0. The molecule has 0 aromatic rings. The minimum atomic E-state index is 0. The Hall–Kier alpha value is 0.610. The summed E-state index contributed by atoms with van der Waals surface area (Å²) in [5.41, 5.74) is 1.38. The van der Waals surface area contributed by atoms with Crippen LogP contribution in [0.5, 0.6) is 0 Å². The zero-order valence-corrected chi connectivity index (χ0v) is 4.08. The molecule has 0 rings (SSSR count). The fourth-order valence-electron chi connectivity index (χ4n) is 0. The van der Waals surface area contributed by atoms with E-state index in [9.17, 15) is 0 Å². The van der Waals surface area contributed by atoms with Gasteiger partial charge in [-0.25, -0.2) is 0 Å². The van der Waals surface area contributed by atoms with Crippen LogP contribution in [-0.4, -0.2) is 25.8 Å². The van der Waals surface area contributed by atoms with Crippen molar-refractivity contribution >= 4 is 25.8 Å². The molecule has 6 heavy (non-hydrogen) atoms. The first-order chi connectivity index (χ1) is 2.27. The molecule has 0 heterocycles. The summed E-state index contributed by atoms with van der Waals surface area (Å²) in [6.07, 6.45) is 2.08. The summed E-state index contributed by atoms with van der Waals surface area (Å²) < 4.78 is 0. The van der Waals surface area contributed by atoms with Gasteiger partial charge in [-0.2, -0.15) is 0 Å². The second kappa shape index (κ2) is 5.61. The van der Waals surface area contributed by atoms with Crippen LogP contribution in [0.2, 0.25) is 0 Å². The van der Waals surface area contributed by atoms with Crippen molar-refractivity contribution in [2.45, 2.75) is 20.8 Å². The topological polar surface area (TPSA) is 0 Å². The van der Waals surface area contributed by atoms with Gasteiger partial charge in [0, 0.05) is 0 Å². The molecular weight excluding hydrogens is 175 g/mol. The van der Waals surface area contributed by atoms with Crippen molar-refractivity contribution in [2.75, 3.05) is 0 Å². The van der Waals surface area contributed by atoms with Crippen LogP contribution in [0.25, 0.3) is 0 Å². The standard InChI is InChI=1S/C5H10.In.3H/c1-4-5(2)3;;;;/h4H,1-3H3;;;;. The van der Waals surface area contributed by atoms with Crippen molar-refractivity contribution in [1.29, 1.82) is 0 Å². The van der Waals surface area contributed by atoms with Gasteiger partial charge in [-0.05, 0) is 20.8 Å². The van der Waals surface area contributed by atoms with E-state index >= 15 is 0 Å². The molecule has 0 saturated carbocycles. The zero-order valence-electron chi connectivity index (χ0n) is 4.08. The first kappa shape index (κ1) is 9.79. The molecule has 0 bridgehead atoms. The Morgan fingerprint density at radius 3 is 1.50 bits per heavy atom. The maximum atomic E-state index is 2.08. The Labute approximate surface area is 58.4 Å². The average Bonchev–Trinajstić information content (AvgIpc) is 1.38. The summed E-state index contributed by atoms with van der Waals surface area (Å²) in [5, 5.41) is 0. The van der Waals surface area contributed by atoms with Crippen molar-refractivity contribution in [2.24, 2.45) is 0 Å². The first-order valence-electron chi connectivity index (χ1n) is 1.87. The number of allylic oxidation sites excluding steroid dienone is 2. The van der Waals surface area contributed by atoms with E-state index in [2.05, 4.69) is 19.9 Å². The molecule has 0 aromatic heterocycles. The van der Waals surface area contributed by atoms with Gasteiger partial charge in [0.05, 0.1) is 0 Å². The molecule has 36 valence electrons.